The maximum Gasteiger partial charge on any atom is 0.249 e. The van der Waals surface area contributed by atoms with Gasteiger partial charge in [0.25, 0.3) is 0 Å². The zero-order valence-corrected chi connectivity index (χ0v) is 12.1. The van der Waals surface area contributed by atoms with Gasteiger partial charge in [0.2, 0.25) is 5.91 Å². The van der Waals surface area contributed by atoms with Crippen molar-refractivity contribution in [2.75, 3.05) is 5.32 Å². The fourth-order valence-electron chi connectivity index (χ4n) is 2.36. The lowest BCUT2D eigenvalue weighted by Gasteiger charge is -2.15. The number of carbonyl (C=O) groups is 1. The minimum atomic E-state index is -0.443. The first-order valence-corrected chi connectivity index (χ1v) is 7.09. The molecule has 3 aromatic rings. The van der Waals surface area contributed by atoms with Crippen molar-refractivity contribution in [1.82, 2.24) is 15.0 Å². The van der Waals surface area contributed by atoms with E-state index in [1.54, 1.807) is 16.8 Å². The van der Waals surface area contributed by atoms with Crippen molar-refractivity contribution in [3.8, 4) is 5.75 Å². The van der Waals surface area contributed by atoms with Gasteiger partial charge in [0.1, 0.15) is 17.3 Å². The number of nitrogens with zero attached hydrogens (tertiary/aromatic N) is 3. The van der Waals surface area contributed by atoms with Crippen LogP contribution in [0.5, 0.6) is 5.75 Å². The lowest BCUT2D eigenvalue weighted by Crippen LogP contribution is -2.26. The second-order valence-corrected chi connectivity index (χ2v) is 4.98. The topological polar surface area (TPSA) is 80.0 Å². The predicted molar refractivity (Wildman–Crippen MR) is 83.6 cm³/mol. The quantitative estimate of drug-likeness (QED) is 0.725. The van der Waals surface area contributed by atoms with Gasteiger partial charge in [0.15, 0.2) is 0 Å². The van der Waals surface area contributed by atoms with Crippen LogP contribution in [-0.2, 0) is 4.79 Å². The number of carbonyl (C=O) groups excluding carboxylic acids is 1. The van der Waals surface area contributed by atoms with E-state index in [0.29, 0.717) is 12.1 Å². The number of phenolic OH excluding ortho intramolecular Hbond substituents is 1. The van der Waals surface area contributed by atoms with E-state index in [1.165, 1.54) is 12.1 Å². The molecule has 2 aromatic carbocycles. The Morgan fingerprint density at radius 3 is 2.68 bits per heavy atom. The van der Waals surface area contributed by atoms with Gasteiger partial charge < -0.3 is 10.4 Å². The van der Waals surface area contributed by atoms with Gasteiger partial charge in [0.05, 0.1) is 5.52 Å². The van der Waals surface area contributed by atoms with Crippen LogP contribution in [0.1, 0.15) is 19.4 Å². The predicted octanol–water partition coefficient (Wildman–Crippen LogP) is 2.73. The number of hydrogen-bond donors (Lipinski definition) is 2. The minimum Gasteiger partial charge on any atom is -0.508 e. The summed E-state index contributed by atoms with van der Waals surface area (Å²) in [7, 11) is 0. The highest BCUT2D eigenvalue weighted by molar-refractivity contribution is 5.94. The Bertz CT molecular complexity index is 795. The zero-order valence-electron chi connectivity index (χ0n) is 12.1. The van der Waals surface area contributed by atoms with Crippen LogP contribution in [0.2, 0.25) is 0 Å². The van der Waals surface area contributed by atoms with E-state index >= 15 is 0 Å². The van der Waals surface area contributed by atoms with Crippen molar-refractivity contribution >= 4 is 22.6 Å². The maximum absolute atomic E-state index is 12.5. The van der Waals surface area contributed by atoms with E-state index in [2.05, 4.69) is 15.6 Å². The summed E-state index contributed by atoms with van der Waals surface area (Å²) in [6.07, 6.45) is 0.595. The Kier molecular flexibility index (Phi) is 3.74. The fraction of sp³-hybridized carbons (Fsp3) is 0.188. The lowest BCUT2D eigenvalue weighted by atomic mass is 10.2. The summed E-state index contributed by atoms with van der Waals surface area (Å²) in [6.45, 7) is 1.93. The first-order chi connectivity index (χ1) is 10.7. The third-order valence-corrected chi connectivity index (χ3v) is 3.50. The fourth-order valence-corrected chi connectivity index (χ4v) is 2.36. The number of nitrogens with one attached hydrogen (secondary N) is 1. The van der Waals surface area contributed by atoms with E-state index in [-0.39, 0.29) is 11.7 Å². The van der Waals surface area contributed by atoms with Crippen molar-refractivity contribution < 1.29 is 9.90 Å². The molecule has 0 fully saturated rings. The highest BCUT2D eigenvalue weighted by Crippen LogP contribution is 2.21. The number of anilines is 1. The standard InChI is InChI=1S/C16H16N4O2/c1-2-14(16(22)17-11-7-9-12(21)10-8-11)20-15-6-4-3-5-13(15)18-19-20/h3-10,14,21H,2H2,1H3,(H,17,22). The number of amides is 1. The Morgan fingerprint density at radius 1 is 1.23 bits per heavy atom. The van der Waals surface area contributed by atoms with E-state index in [4.69, 9.17) is 0 Å². The van der Waals surface area contributed by atoms with Gasteiger partial charge >= 0.3 is 0 Å². The Labute approximate surface area is 127 Å². The zero-order chi connectivity index (χ0) is 15.5. The van der Waals surface area contributed by atoms with Crippen LogP contribution in [0.25, 0.3) is 11.0 Å². The van der Waals surface area contributed by atoms with Crippen LogP contribution < -0.4 is 5.32 Å². The molecule has 0 bridgehead atoms. The third kappa shape index (κ3) is 2.63. The molecule has 0 saturated heterocycles. The number of hydrogen-bond acceptors (Lipinski definition) is 4. The molecule has 0 aliphatic heterocycles. The third-order valence-electron chi connectivity index (χ3n) is 3.50. The highest BCUT2D eigenvalue weighted by Gasteiger charge is 2.21. The minimum absolute atomic E-state index is 0.160. The molecule has 0 saturated carbocycles. The van der Waals surface area contributed by atoms with Gasteiger partial charge in [-0.05, 0) is 42.8 Å². The molecule has 6 nitrogen and oxygen atoms in total. The van der Waals surface area contributed by atoms with Crippen molar-refractivity contribution in [1.29, 1.82) is 0 Å². The average molecular weight is 296 g/mol. The summed E-state index contributed by atoms with van der Waals surface area (Å²) in [5.41, 5.74) is 2.22. The number of benzene rings is 2. The number of aromatic nitrogens is 3. The second kappa shape index (κ2) is 5.85. The molecule has 0 aliphatic rings. The lowest BCUT2D eigenvalue weighted by molar-refractivity contribution is -0.119. The molecule has 3 rings (SSSR count). The van der Waals surface area contributed by atoms with E-state index in [1.807, 2.05) is 31.2 Å². The van der Waals surface area contributed by atoms with Crippen LogP contribution in [0.15, 0.2) is 48.5 Å². The van der Waals surface area contributed by atoms with E-state index in [9.17, 15) is 9.90 Å². The maximum atomic E-state index is 12.5. The first kappa shape index (κ1) is 14.1. The normalized spacial score (nSPS) is 12.2. The summed E-state index contributed by atoms with van der Waals surface area (Å²) >= 11 is 0. The number of fused-ring (bicyclic) bond motifs is 1. The number of rotatable bonds is 4. The molecular formula is C16H16N4O2. The molecule has 0 spiro atoms. The molecule has 1 atom stereocenters. The number of para-hydroxylation sites is 1. The second-order valence-electron chi connectivity index (χ2n) is 4.98. The van der Waals surface area contributed by atoms with Gasteiger partial charge in [-0.15, -0.1) is 5.10 Å². The van der Waals surface area contributed by atoms with Crippen LogP contribution in [0.3, 0.4) is 0 Å². The molecule has 22 heavy (non-hydrogen) atoms. The molecule has 1 unspecified atom stereocenters. The van der Waals surface area contributed by atoms with Crippen LogP contribution in [0.4, 0.5) is 5.69 Å². The van der Waals surface area contributed by atoms with Crippen molar-refractivity contribution in [3.05, 3.63) is 48.5 Å². The molecular weight excluding hydrogens is 280 g/mol. The van der Waals surface area contributed by atoms with Gasteiger partial charge in [0, 0.05) is 5.69 Å². The van der Waals surface area contributed by atoms with E-state index in [0.717, 1.165) is 11.0 Å². The van der Waals surface area contributed by atoms with E-state index < -0.39 is 6.04 Å². The molecule has 0 radical (unpaired) electrons. The number of phenols is 1. The number of aromatic hydroxyl groups is 1. The van der Waals surface area contributed by atoms with Crippen LogP contribution in [-0.4, -0.2) is 26.0 Å². The van der Waals surface area contributed by atoms with Crippen LogP contribution >= 0.6 is 0 Å². The largest absolute Gasteiger partial charge is 0.508 e. The van der Waals surface area contributed by atoms with Gasteiger partial charge in [-0.2, -0.15) is 0 Å². The summed E-state index contributed by atoms with van der Waals surface area (Å²) in [5.74, 6) is -0.00356. The van der Waals surface area contributed by atoms with Crippen LogP contribution in [0, 0.1) is 0 Å². The summed E-state index contributed by atoms with van der Waals surface area (Å²) in [4.78, 5) is 12.5. The molecule has 1 heterocycles. The Morgan fingerprint density at radius 2 is 1.95 bits per heavy atom. The first-order valence-electron chi connectivity index (χ1n) is 7.09. The average Bonchev–Trinajstić information content (AvgIpc) is 2.95. The molecule has 0 aliphatic carbocycles. The summed E-state index contributed by atoms with van der Waals surface area (Å²) in [5, 5.41) is 20.3. The Hall–Kier alpha value is -2.89. The van der Waals surface area contributed by atoms with Gasteiger partial charge in [-0.1, -0.05) is 24.3 Å². The molecule has 1 aromatic heterocycles. The summed E-state index contributed by atoms with van der Waals surface area (Å²) < 4.78 is 1.64. The van der Waals surface area contributed by atoms with Gasteiger partial charge in [-0.25, -0.2) is 4.68 Å². The molecule has 6 heteroatoms. The SMILES string of the molecule is CCC(C(=O)Nc1ccc(O)cc1)n1nnc2ccccc21. The van der Waals surface area contributed by atoms with Crippen molar-refractivity contribution in [2.24, 2.45) is 0 Å². The molecule has 1 amide bonds. The molecule has 112 valence electrons. The van der Waals surface area contributed by atoms with Crippen molar-refractivity contribution in [2.45, 2.75) is 19.4 Å². The summed E-state index contributed by atoms with van der Waals surface area (Å²) in [6, 6.07) is 13.5. The van der Waals surface area contributed by atoms with Crippen molar-refractivity contribution in [3.63, 3.8) is 0 Å². The molecule has 2 N–H and O–H groups in total. The smallest absolute Gasteiger partial charge is 0.249 e. The Balaban J connectivity index is 1.87. The highest BCUT2D eigenvalue weighted by atomic mass is 16.3. The van der Waals surface area contributed by atoms with Gasteiger partial charge in [-0.3, -0.25) is 4.79 Å². The monoisotopic (exact) mass is 296 g/mol.